The summed E-state index contributed by atoms with van der Waals surface area (Å²) in [5, 5.41) is 9.06. The largest absolute Gasteiger partial charge is 0.481 e. The average molecular weight is 201 g/mol. The standard InChI is InChI=1S/C10H19NO3/c1-7(2)10(3,9(13)14)6-8(12)11(4)5/h7H,6H2,1-5H3,(H,13,14). The number of carbonyl (C=O) groups excluding carboxylic acids is 1. The lowest BCUT2D eigenvalue weighted by Gasteiger charge is -2.29. The van der Waals surface area contributed by atoms with Crippen molar-refractivity contribution in [2.45, 2.75) is 27.2 Å². The van der Waals surface area contributed by atoms with E-state index in [9.17, 15) is 9.59 Å². The van der Waals surface area contributed by atoms with Crippen LogP contribution in [-0.2, 0) is 9.59 Å². The summed E-state index contributed by atoms with van der Waals surface area (Å²) in [5.41, 5.74) is -0.971. The zero-order chi connectivity index (χ0) is 11.5. The summed E-state index contributed by atoms with van der Waals surface area (Å²) in [5.74, 6) is -1.13. The lowest BCUT2D eigenvalue weighted by atomic mass is 9.76. The second-order valence-corrected chi connectivity index (χ2v) is 4.34. The zero-order valence-electron chi connectivity index (χ0n) is 9.50. The van der Waals surface area contributed by atoms with Gasteiger partial charge in [-0.05, 0) is 12.8 Å². The van der Waals surface area contributed by atoms with Crippen LogP contribution in [0.4, 0.5) is 0 Å². The highest BCUT2D eigenvalue weighted by Gasteiger charge is 2.39. The van der Waals surface area contributed by atoms with Crippen molar-refractivity contribution in [2.24, 2.45) is 11.3 Å². The van der Waals surface area contributed by atoms with Crippen molar-refractivity contribution in [2.75, 3.05) is 14.1 Å². The van der Waals surface area contributed by atoms with Crippen molar-refractivity contribution in [3.63, 3.8) is 0 Å². The molecule has 0 aromatic heterocycles. The van der Waals surface area contributed by atoms with E-state index >= 15 is 0 Å². The minimum Gasteiger partial charge on any atom is -0.481 e. The van der Waals surface area contributed by atoms with Gasteiger partial charge in [-0.15, -0.1) is 0 Å². The highest BCUT2D eigenvalue weighted by atomic mass is 16.4. The van der Waals surface area contributed by atoms with E-state index in [-0.39, 0.29) is 18.2 Å². The monoisotopic (exact) mass is 201 g/mol. The Balaban J connectivity index is 4.71. The van der Waals surface area contributed by atoms with E-state index in [0.717, 1.165) is 0 Å². The minimum atomic E-state index is -0.971. The molecule has 4 heteroatoms. The lowest BCUT2D eigenvalue weighted by molar-refractivity contribution is -0.155. The Bertz CT molecular complexity index is 236. The first-order valence-corrected chi connectivity index (χ1v) is 4.65. The maximum absolute atomic E-state index is 11.4. The molecule has 1 amide bonds. The van der Waals surface area contributed by atoms with Gasteiger partial charge in [-0.25, -0.2) is 0 Å². The van der Waals surface area contributed by atoms with E-state index in [1.54, 1.807) is 21.0 Å². The Morgan fingerprint density at radius 3 is 2.00 bits per heavy atom. The molecule has 1 unspecified atom stereocenters. The van der Waals surface area contributed by atoms with Crippen LogP contribution in [0, 0.1) is 11.3 Å². The molecule has 1 atom stereocenters. The van der Waals surface area contributed by atoms with Crippen LogP contribution >= 0.6 is 0 Å². The average Bonchev–Trinajstić information content (AvgIpc) is 2.02. The van der Waals surface area contributed by atoms with Crippen LogP contribution in [0.2, 0.25) is 0 Å². The Morgan fingerprint density at radius 2 is 1.79 bits per heavy atom. The Hall–Kier alpha value is -1.06. The van der Waals surface area contributed by atoms with Crippen LogP contribution in [0.5, 0.6) is 0 Å². The summed E-state index contributed by atoms with van der Waals surface area (Å²) in [6.07, 6.45) is 0.0486. The molecule has 0 saturated carbocycles. The van der Waals surface area contributed by atoms with Crippen molar-refractivity contribution in [3.05, 3.63) is 0 Å². The fourth-order valence-corrected chi connectivity index (χ4v) is 0.999. The topological polar surface area (TPSA) is 57.6 Å². The molecule has 0 rings (SSSR count). The quantitative estimate of drug-likeness (QED) is 0.743. The van der Waals surface area contributed by atoms with Gasteiger partial charge < -0.3 is 10.0 Å². The molecule has 4 nitrogen and oxygen atoms in total. The molecule has 14 heavy (non-hydrogen) atoms. The second-order valence-electron chi connectivity index (χ2n) is 4.34. The predicted octanol–water partition coefficient (Wildman–Crippen LogP) is 1.21. The first-order valence-electron chi connectivity index (χ1n) is 4.65. The van der Waals surface area contributed by atoms with Gasteiger partial charge in [0.25, 0.3) is 0 Å². The maximum Gasteiger partial charge on any atom is 0.310 e. The van der Waals surface area contributed by atoms with Crippen LogP contribution in [0.3, 0.4) is 0 Å². The third kappa shape index (κ3) is 2.72. The van der Waals surface area contributed by atoms with Gasteiger partial charge in [0.05, 0.1) is 5.41 Å². The number of hydrogen-bond donors (Lipinski definition) is 1. The van der Waals surface area contributed by atoms with Crippen LogP contribution in [0.15, 0.2) is 0 Å². The number of carboxylic acids is 1. The minimum absolute atomic E-state index is 0.0486. The summed E-state index contributed by atoms with van der Waals surface area (Å²) in [7, 11) is 3.26. The SMILES string of the molecule is CC(C)C(C)(CC(=O)N(C)C)C(=O)O. The van der Waals surface area contributed by atoms with Gasteiger partial charge in [0.2, 0.25) is 5.91 Å². The molecular formula is C10H19NO3. The first kappa shape index (κ1) is 12.9. The fourth-order valence-electron chi connectivity index (χ4n) is 0.999. The molecule has 0 aliphatic heterocycles. The van der Waals surface area contributed by atoms with Gasteiger partial charge in [-0.2, -0.15) is 0 Å². The number of nitrogens with zero attached hydrogens (tertiary/aromatic N) is 1. The number of carbonyl (C=O) groups is 2. The van der Waals surface area contributed by atoms with Gasteiger partial charge in [-0.3, -0.25) is 9.59 Å². The van der Waals surface area contributed by atoms with Crippen LogP contribution < -0.4 is 0 Å². The Morgan fingerprint density at radius 1 is 1.36 bits per heavy atom. The molecule has 0 radical (unpaired) electrons. The molecule has 0 aliphatic rings. The third-order valence-corrected chi connectivity index (χ3v) is 2.78. The van der Waals surface area contributed by atoms with E-state index in [4.69, 9.17) is 5.11 Å². The van der Waals surface area contributed by atoms with Crippen LogP contribution in [-0.4, -0.2) is 36.0 Å². The second kappa shape index (κ2) is 4.44. The number of hydrogen-bond acceptors (Lipinski definition) is 2. The molecule has 0 spiro atoms. The lowest BCUT2D eigenvalue weighted by Crippen LogP contribution is -2.38. The molecule has 1 N–H and O–H groups in total. The molecule has 0 heterocycles. The smallest absolute Gasteiger partial charge is 0.310 e. The van der Waals surface area contributed by atoms with Gasteiger partial charge >= 0.3 is 5.97 Å². The highest BCUT2D eigenvalue weighted by Crippen LogP contribution is 2.31. The summed E-state index contributed by atoms with van der Waals surface area (Å²) in [6.45, 7) is 5.25. The van der Waals surface area contributed by atoms with Gasteiger partial charge in [-0.1, -0.05) is 13.8 Å². The molecule has 0 aliphatic carbocycles. The number of aliphatic carboxylic acids is 1. The number of carboxylic acid groups (broad SMARTS) is 1. The Kier molecular flexibility index (Phi) is 4.10. The molecular weight excluding hydrogens is 182 g/mol. The van der Waals surface area contributed by atoms with Crippen LogP contribution in [0.1, 0.15) is 27.2 Å². The van der Waals surface area contributed by atoms with Crippen molar-refractivity contribution in [3.8, 4) is 0 Å². The van der Waals surface area contributed by atoms with E-state index in [0.29, 0.717) is 0 Å². The first-order chi connectivity index (χ1) is 6.21. The normalized spacial score (nSPS) is 15.0. The molecule has 0 bridgehead atoms. The van der Waals surface area contributed by atoms with E-state index in [2.05, 4.69) is 0 Å². The number of rotatable bonds is 4. The fraction of sp³-hybridized carbons (Fsp3) is 0.800. The summed E-state index contributed by atoms with van der Waals surface area (Å²) < 4.78 is 0. The predicted molar refractivity (Wildman–Crippen MR) is 53.9 cm³/mol. The summed E-state index contributed by atoms with van der Waals surface area (Å²) >= 11 is 0. The van der Waals surface area contributed by atoms with Gasteiger partial charge in [0, 0.05) is 20.5 Å². The van der Waals surface area contributed by atoms with E-state index < -0.39 is 11.4 Å². The molecule has 0 saturated heterocycles. The Labute approximate surface area is 84.9 Å². The van der Waals surface area contributed by atoms with Crippen molar-refractivity contribution >= 4 is 11.9 Å². The van der Waals surface area contributed by atoms with Crippen molar-refractivity contribution in [1.82, 2.24) is 4.90 Å². The zero-order valence-corrected chi connectivity index (χ0v) is 9.50. The van der Waals surface area contributed by atoms with Crippen molar-refractivity contribution < 1.29 is 14.7 Å². The molecule has 0 aromatic carbocycles. The summed E-state index contributed by atoms with van der Waals surface area (Å²) in [4.78, 5) is 23.9. The van der Waals surface area contributed by atoms with Crippen LogP contribution in [0.25, 0.3) is 0 Å². The van der Waals surface area contributed by atoms with Gasteiger partial charge in [0.15, 0.2) is 0 Å². The van der Waals surface area contributed by atoms with E-state index in [1.165, 1.54) is 4.90 Å². The van der Waals surface area contributed by atoms with E-state index in [1.807, 2.05) is 13.8 Å². The number of amides is 1. The van der Waals surface area contributed by atoms with Gasteiger partial charge in [0.1, 0.15) is 0 Å². The maximum atomic E-state index is 11.4. The summed E-state index contributed by atoms with van der Waals surface area (Å²) in [6, 6.07) is 0. The third-order valence-electron chi connectivity index (χ3n) is 2.78. The highest BCUT2D eigenvalue weighted by molar-refractivity contribution is 5.84. The van der Waals surface area contributed by atoms with Crippen molar-refractivity contribution in [1.29, 1.82) is 0 Å². The molecule has 82 valence electrons. The molecule has 0 fully saturated rings. The molecule has 0 aromatic rings.